The minimum Gasteiger partial charge on any atom is -0.748 e. The Morgan fingerprint density at radius 3 is 2.03 bits per heavy atom. The van der Waals surface area contributed by atoms with Gasteiger partial charge in [0.15, 0.2) is 0 Å². The predicted molar refractivity (Wildman–Crippen MR) is 223 cm³/mol. The number of aliphatic hydroxyl groups excluding tert-OH is 1. The van der Waals surface area contributed by atoms with Gasteiger partial charge in [-0.1, -0.05) is 26.8 Å². The van der Waals surface area contributed by atoms with Crippen molar-refractivity contribution in [3.63, 3.8) is 0 Å². The number of rotatable bonds is 23. The smallest absolute Gasteiger partial charge is 0.748 e. The molecule has 1 aliphatic carbocycles. The maximum Gasteiger partial charge on any atom is 1.00 e. The molecule has 0 amide bonds. The first kappa shape index (κ1) is 56.6. The van der Waals surface area contributed by atoms with Crippen LogP contribution in [0.2, 0.25) is 0 Å². The van der Waals surface area contributed by atoms with Crippen LogP contribution in [0.15, 0.2) is 69.6 Å². The second kappa shape index (κ2) is 24.9. The number of benzene rings is 2. The zero-order valence-corrected chi connectivity index (χ0v) is 43.2. The third-order valence-electron chi connectivity index (χ3n) is 10.2. The molecular formula is C41H56N2Na2O14S3. The van der Waals surface area contributed by atoms with E-state index in [1.165, 1.54) is 18.2 Å². The van der Waals surface area contributed by atoms with Crippen molar-refractivity contribution in [1.82, 2.24) is 4.58 Å². The van der Waals surface area contributed by atoms with Gasteiger partial charge in [-0.05, 0) is 85.7 Å². The summed E-state index contributed by atoms with van der Waals surface area (Å²) in [6.07, 6.45) is 5.59. The Morgan fingerprint density at radius 1 is 0.839 bits per heavy atom. The summed E-state index contributed by atoms with van der Waals surface area (Å²) in [4.78, 5) is 1.47. The molecule has 2 heterocycles. The topological polar surface area (TPSA) is 239 Å². The number of nitrogens with zero attached hydrogens (tertiary/aromatic N) is 2. The standard InChI is InChI=1S/C41H58N2O14S3.2Na/c1-6-42(17-9-27-59(48,49)50)31-12-14-34-35(40(2,3)4)29-32(57-38(34)28-31)10-7-11-39-41(5,16-8-26-58(45,46)47)36-30-33(60(51,52)53)13-15-37(36)43(39)18-20-54-22-24-56-25-23-55-21-19-44;;/h7,10-15,28-30,44H,6,8-9,16-27H2,1-5H3,(H2-,45,46,47,48,49,50,51,52,53);;/q;2*+1/p-2. The van der Waals surface area contributed by atoms with Crippen molar-refractivity contribution in [1.29, 1.82) is 0 Å². The molecule has 0 saturated carbocycles. The molecule has 0 bridgehead atoms. The zero-order valence-electron chi connectivity index (χ0n) is 36.8. The number of aliphatic hydroxyl groups is 1. The molecule has 2 aliphatic heterocycles. The van der Waals surface area contributed by atoms with Crippen molar-refractivity contribution < 1.29 is 122 Å². The Morgan fingerprint density at radius 2 is 1.45 bits per heavy atom. The van der Waals surface area contributed by atoms with Gasteiger partial charge >= 0.3 is 59.1 Å². The maximum absolute atomic E-state index is 12.2. The van der Waals surface area contributed by atoms with Crippen molar-refractivity contribution >= 4 is 42.1 Å². The van der Waals surface area contributed by atoms with Gasteiger partial charge in [-0.25, -0.2) is 29.8 Å². The second-order valence-corrected chi connectivity index (χ2v) is 20.1. The molecule has 0 spiro atoms. The summed E-state index contributed by atoms with van der Waals surface area (Å²) in [6.45, 7) is 12.7. The summed E-state index contributed by atoms with van der Waals surface area (Å²) >= 11 is 0. The van der Waals surface area contributed by atoms with Crippen molar-refractivity contribution in [3.05, 3.63) is 82.6 Å². The van der Waals surface area contributed by atoms with E-state index in [9.17, 15) is 38.9 Å². The first-order valence-corrected chi connectivity index (χ1v) is 24.3. The third-order valence-corrected chi connectivity index (χ3v) is 12.6. The van der Waals surface area contributed by atoms with Gasteiger partial charge in [0.25, 0.3) is 0 Å². The zero-order chi connectivity index (χ0) is 44.4. The van der Waals surface area contributed by atoms with E-state index < -0.39 is 52.2 Å². The normalized spacial score (nSPS) is 17.0. The van der Waals surface area contributed by atoms with Crippen LogP contribution in [0.4, 0.5) is 5.69 Å². The summed E-state index contributed by atoms with van der Waals surface area (Å²) < 4.78 is 130. The summed E-state index contributed by atoms with van der Waals surface area (Å²) in [5, 5.41) is 9.62. The number of allylic oxidation sites excluding steroid dienone is 3. The quantitative estimate of drug-likeness (QED) is 0.0443. The molecule has 3 aliphatic rings. The summed E-state index contributed by atoms with van der Waals surface area (Å²) in [5.41, 5.74) is 2.20. The minimum atomic E-state index is -4.86. The number of fused-ring (bicyclic) bond motifs is 2. The number of anilines is 1. The Bertz CT molecular complexity index is 2380. The summed E-state index contributed by atoms with van der Waals surface area (Å²) in [5.74, 6) is -0.0435. The van der Waals surface area contributed by atoms with Gasteiger partial charge < -0.3 is 42.3 Å². The fraction of sp³-hybridized carbons (Fsp3) is 0.537. The molecule has 334 valence electrons. The second-order valence-electron chi connectivity index (χ2n) is 15.6. The van der Waals surface area contributed by atoms with E-state index in [0.29, 0.717) is 54.8 Å². The van der Waals surface area contributed by atoms with Crippen molar-refractivity contribution in [2.24, 2.45) is 0 Å². The molecule has 62 heavy (non-hydrogen) atoms. The third kappa shape index (κ3) is 16.7. The van der Waals surface area contributed by atoms with E-state index in [1.807, 2.05) is 53.7 Å². The van der Waals surface area contributed by atoms with Crippen LogP contribution in [0.5, 0.6) is 0 Å². The van der Waals surface area contributed by atoms with Gasteiger partial charge in [0.1, 0.15) is 34.7 Å². The molecule has 0 fully saturated rings. The average molecular weight is 943 g/mol. The van der Waals surface area contributed by atoms with Crippen molar-refractivity contribution in [2.75, 3.05) is 82.3 Å². The molecule has 1 unspecified atom stereocenters. The first-order chi connectivity index (χ1) is 28.1. The predicted octanol–water partition coefficient (Wildman–Crippen LogP) is -2.64. The fourth-order valence-electron chi connectivity index (χ4n) is 7.29. The summed E-state index contributed by atoms with van der Waals surface area (Å²) in [6, 6.07) is 11.8. The van der Waals surface area contributed by atoms with E-state index in [-0.39, 0.29) is 123 Å². The molecule has 0 radical (unpaired) electrons. The molecule has 1 N–H and O–H groups in total. The van der Waals surface area contributed by atoms with Crippen LogP contribution in [0, 0.1) is 0 Å². The monoisotopic (exact) mass is 942 g/mol. The maximum atomic E-state index is 12.2. The van der Waals surface area contributed by atoms with Gasteiger partial charge in [0, 0.05) is 52.9 Å². The summed E-state index contributed by atoms with van der Waals surface area (Å²) in [7, 11) is -13.8. The Kier molecular flexibility index (Phi) is 22.7. The van der Waals surface area contributed by atoms with Gasteiger partial charge in [0.05, 0.1) is 77.4 Å². The van der Waals surface area contributed by atoms with Gasteiger partial charge in [-0.15, -0.1) is 0 Å². The Balaban J connectivity index is 0.00000661. The molecule has 0 aromatic heterocycles. The van der Waals surface area contributed by atoms with Crippen LogP contribution in [0.25, 0.3) is 17.4 Å². The van der Waals surface area contributed by atoms with E-state index in [0.717, 1.165) is 16.5 Å². The van der Waals surface area contributed by atoms with E-state index in [2.05, 4.69) is 20.8 Å². The Labute approximate surface area is 410 Å². The minimum absolute atomic E-state index is 0. The van der Waals surface area contributed by atoms with Crippen LogP contribution in [0.1, 0.15) is 70.8 Å². The average Bonchev–Trinajstić information content (AvgIpc) is 3.37. The van der Waals surface area contributed by atoms with Gasteiger partial charge in [-0.3, -0.25) is 0 Å². The first-order valence-electron chi connectivity index (χ1n) is 19.7. The van der Waals surface area contributed by atoms with Crippen molar-refractivity contribution in [3.8, 4) is 11.3 Å². The SMILES string of the molecule is CC[N+](CCCS(=O)(=O)[O-])=c1ccc2c(C(C)(C)C)cc(/C=C/C=C3/N(CCOCCOCCOCCO)c4ccc(S(=O)(=O)[O-])cc4C3(C)CCCS(=O)(=O)[O-])oc-2c1.[Na+].[Na+]. The molecule has 1 atom stereocenters. The molecule has 16 nitrogen and oxygen atoms in total. The number of hydrogen-bond donors (Lipinski definition) is 1. The number of hydrogen-bond acceptors (Lipinski definition) is 15. The van der Waals surface area contributed by atoms with Crippen molar-refractivity contribution in [2.45, 2.75) is 69.6 Å². The molecule has 1 aromatic carbocycles. The molecule has 0 saturated heterocycles. The van der Waals surface area contributed by atoms with E-state index in [4.69, 9.17) is 23.7 Å². The molecule has 21 heteroatoms. The molecule has 4 rings (SSSR count). The van der Waals surface area contributed by atoms with Crippen LogP contribution in [0.3, 0.4) is 0 Å². The van der Waals surface area contributed by atoms with Crippen LogP contribution >= 0.6 is 0 Å². The number of ether oxygens (including phenoxy) is 3. The van der Waals surface area contributed by atoms with E-state index >= 15 is 0 Å². The van der Waals surface area contributed by atoms with Gasteiger partial charge in [0.2, 0.25) is 5.36 Å². The van der Waals surface area contributed by atoms with Crippen LogP contribution < -0.4 is 73.9 Å². The molecule has 1 aromatic rings. The van der Waals surface area contributed by atoms with E-state index in [1.54, 1.807) is 12.2 Å². The fourth-order valence-corrected chi connectivity index (χ4v) is 8.76. The Hall–Kier alpha value is -1.50. The van der Waals surface area contributed by atoms with Crippen LogP contribution in [-0.4, -0.2) is 121 Å². The largest absolute Gasteiger partial charge is 1.00 e. The van der Waals surface area contributed by atoms with Gasteiger partial charge in [-0.2, -0.15) is 0 Å². The molecular weight excluding hydrogens is 887 g/mol. The van der Waals surface area contributed by atoms with Crippen LogP contribution in [-0.2, 0) is 55.4 Å².